The van der Waals surface area contributed by atoms with Crippen molar-refractivity contribution in [2.45, 2.75) is 13.8 Å². The van der Waals surface area contributed by atoms with E-state index in [2.05, 4.69) is 10.2 Å². The molecule has 0 aliphatic rings. The first-order valence-corrected chi connectivity index (χ1v) is 8.39. The van der Waals surface area contributed by atoms with Crippen molar-refractivity contribution in [3.05, 3.63) is 36.0 Å². The van der Waals surface area contributed by atoms with Crippen molar-refractivity contribution in [2.24, 2.45) is 5.92 Å². The molecule has 6 nitrogen and oxygen atoms in total. The van der Waals surface area contributed by atoms with Gasteiger partial charge in [-0.05, 0) is 5.56 Å². The molecular weight excluding hydrogens is 303 g/mol. The maximum absolute atomic E-state index is 12.7. The Hall–Kier alpha value is -1.75. The SMILES string of the molecule is COP(=O)(OC)c1[nH]nc(C(=O)C(C)C)c1-c1ccccc1. The molecule has 0 saturated heterocycles. The van der Waals surface area contributed by atoms with E-state index in [-0.39, 0.29) is 22.8 Å². The van der Waals surface area contributed by atoms with Crippen molar-refractivity contribution in [1.82, 2.24) is 10.2 Å². The van der Waals surface area contributed by atoms with Crippen LogP contribution >= 0.6 is 7.60 Å². The lowest BCUT2D eigenvalue weighted by Gasteiger charge is -2.14. The van der Waals surface area contributed by atoms with Gasteiger partial charge in [0.05, 0.1) is 0 Å². The fourth-order valence-corrected chi connectivity index (χ4v) is 3.31. The lowest BCUT2D eigenvalue weighted by atomic mass is 9.99. The number of aromatic nitrogens is 2. The Morgan fingerprint density at radius 3 is 2.27 bits per heavy atom. The van der Waals surface area contributed by atoms with Crippen LogP contribution in [0.1, 0.15) is 24.3 Å². The summed E-state index contributed by atoms with van der Waals surface area (Å²) in [7, 11) is -0.965. The van der Waals surface area contributed by atoms with Crippen molar-refractivity contribution >= 4 is 18.8 Å². The normalized spacial score (nSPS) is 11.9. The molecule has 0 unspecified atom stereocenters. The third-order valence-corrected chi connectivity index (χ3v) is 5.15. The first kappa shape index (κ1) is 16.6. The van der Waals surface area contributed by atoms with Gasteiger partial charge in [-0.15, -0.1) is 0 Å². The highest BCUT2D eigenvalue weighted by molar-refractivity contribution is 7.62. The average Bonchev–Trinajstić information content (AvgIpc) is 2.99. The van der Waals surface area contributed by atoms with Gasteiger partial charge >= 0.3 is 7.60 Å². The molecule has 2 rings (SSSR count). The quantitative estimate of drug-likeness (QED) is 0.653. The van der Waals surface area contributed by atoms with E-state index in [0.29, 0.717) is 5.56 Å². The fraction of sp³-hybridized carbons (Fsp3) is 0.333. The Kier molecular flexibility index (Phi) is 4.96. The van der Waals surface area contributed by atoms with Gasteiger partial charge in [-0.2, -0.15) is 5.10 Å². The number of hydrogen-bond acceptors (Lipinski definition) is 5. The number of Topliss-reactive ketones (excluding diaryl/α,β-unsaturated/α-hetero) is 1. The van der Waals surface area contributed by atoms with Gasteiger partial charge in [0.15, 0.2) is 11.2 Å². The van der Waals surface area contributed by atoms with E-state index in [1.165, 1.54) is 14.2 Å². The molecule has 0 aliphatic carbocycles. The number of aromatic amines is 1. The van der Waals surface area contributed by atoms with Crippen molar-refractivity contribution < 1.29 is 18.4 Å². The Balaban J connectivity index is 2.72. The Morgan fingerprint density at radius 2 is 1.77 bits per heavy atom. The van der Waals surface area contributed by atoms with Crippen LogP contribution in [0.3, 0.4) is 0 Å². The number of rotatable bonds is 6. The highest BCUT2D eigenvalue weighted by Crippen LogP contribution is 2.47. The number of nitrogens with one attached hydrogen (secondary N) is 1. The number of nitrogens with zero attached hydrogens (tertiary/aromatic N) is 1. The van der Waals surface area contributed by atoms with Crippen molar-refractivity contribution in [3.8, 4) is 11.1 Å². The highest BCUT2D eigenvalue weighted by atomic mass is 31.2. The summed E-state index contributed by atoms with van der Waals surface area (Å²) < 4.78 is 22.8. The zero-order valence-electron chi connectivity index (χ0n) is 13.0. The van der Waals surface area contributed by atoms with E-state index in [0.717, 1.165) is 5.56 Å². The van der Waals surface area contributed by atoms with Gasteiger partial charge in [-0.25, -0.2) is 0 Å². The minimum absolute atomic E-state index is 0.139. The summed E-state index contributed by atoms with van der Waals surface area (Å²) in [6, 6.07) is 9.17. The van der Waals surface area contributed by atoms with Crippen LogP contribution in [0.4, 0.5) is 0 Å². The molecule has 1 aromatic carbocycles. The Bertz CT molecular complexity index is 702. The fourth-order valence-electron chi connectivity index (χ4n) is 2.12. The first-order chi connectivity index (χ1) is 10.4. The maximum atomic E-state index is 12.7. The standard InChI is InChI=1S/C15H19N2O4P/c1-10(2)14(18)13-12(11-8-6-5-7-9-11)15(17-16-13)22(19,20-3)21-4/h5-10H,1-4H3,(H,16,17). The summed E-state index contributed by atoms with van der Waals surface area (Å²) in [6.07, 6.45) is 0. The largest absolute Gasteiger partial charge is 0.379 e. The Morgan fingerprint density at radius 1 is 1.18 bits per heavy atom. The number of benzene rings is 1. The van der Waals surface area contributed by atoms with Gasteiger partial charge in [0, 0.05) is 25.7 Å². The molecule has 2 aromatic rings. The van der Waals surface area contributed by atoms with E-state index in [4.69, 9.17) is 9.05 Å². The number of H-pyrrole nitrogens is 1. The molecule has 0 aliphatic heterocycles. The molecule has 118 valence electrons. The summed E-state index contributed by atoms with van der Waals surface area (Å²) in [4.78, 5) is 12.4. The van der Waals surface area contributed by atoms with Gasteiger partial charge in [0.2, 0.25) is 0 Å². The summed E-state index contributed by atoms with van der Waals surface area (Å²) >= 11 is 0. The molecule has 0 amide bonds. The molecule has 0 spiro atoms. The summed E-state index contributed by atoms with van der Waals surface area (Å²) in [5.74, 6) is -0.372. The van der Waals surface area contributed by atoms with Gasteiger partial charge in [-0.1, -0.05) is 44.2 Å². The average molecular weight is 322 g/mol. The van der Waals surface area contributed by atoms with Crippen LogP contribution in [0.15, 0.2) is 30.3 Å². The van der Waals surface area contributed by atoms with Crippen LogP contribution in [0.5, 0.6) is 0 Å². The van der Waals surface area contributed by atoms with Crippen LogP contribution in [-0.2, 0) is 13.6 Å². The lowest BCUT2D eigenvalue weighted by molar-refractivity contribution is 0.0935. The smallest absolute Gasteiger partial charge is 0.308 e. The van der Waals surface area contributed by atoms with Gasteiger partial charge in [-0.3, -0.25) is 14.5 Å². The molecule has 22 heavy (non-hydrogen) atoms. The van der Waals surface area contributed by atoms with Crippen LogP contribution in [0, 0.1) is 5.92 Å². The second kappa shape index (κ2) is 6.57. The van der Waals surface area contributed by atoms with E-state index >= 15 is 0 Å². The second-order valence-electron chi connectivity index (χ2n) is 5.04. The van der Waals surface area contributed by atoms with Crippen LogP contribution < -0.4 is 5.44 Å². The summed E-state index contributed by atoms with van der Waals surface area (Å²) in [5.41, 5.74) is 1.62. The number of ketones is 1. The minimum atomic E-state index is -3.56. The second-order valence-corrected chi connectivity index (χ2v) is 7.22. The molecule has 0 atom stereocenters. The van der Waals surface area contributed by atoms with Crippen molar-refractivity contribution in [1.29, 1.82) is 0 Å². The maximum Gasteiger partial charge on any atom is 0.379 e. The molecule has 1 N–H and O–H groups in total. The van der Waals surface area contributed by atoms with Gasteiger partial charge < -0.3 is 9.05 Å². The molecule has 0 fully saturated rings. The van der Waals surface area contributed by atoms with Crippen molar-refractivity contribution in [3.63, 3.8) is 0 Å². The number of carbonyl (C=O) groups excluding carboxylic acids is 1. The van der Waals surface area contributed by atoms with Gasteiger partial charge in [0.1, 0.15) is 5.69 Å². The lowest BCUT2D eigenvalue weighted by Crippen LogP contribution is -2.14. The third kappa shape index (κ3) is 2.90. The minimum Gasteiger partial charge on any atom is -0.308 e. The predicted molar refractivity (Wildman–Crippen MR) is 84.5 cm³/mol. The molecule has 0 saturated carbocycles. The highest BCUT2D eigenvalue weighted by Gasteiger charge is 2.34. The molecule has 1 heterocycles. The van der Waals surface area contributed by atoms with Crippen LogP contribution in [-0.4, -0.2) is 30.2 Å². The van der Waals surface area contributed by atoms with Crippen molar-refractivity contribution in [2.75, 3.05) is 14.2 Å². The molecule has 1 aromatic heterocycles. The van der Waals surface area contributed by atoms with E-state index in [1.54, 1.807) is 13.8 Å². The third-order valence-electron chi connectivity index (χ3n) is 3.32. The Labute approximate surface area is 129 Å². The summed E-state index contributed by atoms with van der Waals surface area (Å²) in [6.45, 7) is 3.58. The molecule has 7 heteroatoms. The van der Waals surface area contributed by atoms with E-state index in [1.807, 2.05) is 30.3 Å². The molecular formula is C15H19N2O4P. The predicted octanol–water partition coefficient (Wildman–Crippen LogP) is 3.03. The summed E-state index contributed by atoms with van der Waals surface area (Å²) in [5, 5.41) is 6.74. The molecule has 0 bridgehead atoms. The monoisotopic (exact) mass is 322 g/mol. The first-order valence-electron chi connectivity index (χ1n) is 6.84. The number of hydrogen-bond donors (Lipinski definition) is 1. The van der Waals surface area contributed by atoms with E-state index < -0.39 is 7.60 Å². The molecule has 0 radical (unpaired) electrons. The number of carbonyl (C=O) groups is 1. The van der Waals surface area contributed by atoms with E-state index in [9.17, 15) is 9.36 Å². The topological polar surface area (TPSA) is 81.3 Å². The van der Waals surface area contributed by atoms with Crippen LogP contribution in [0.2, 0.25) is 0 Å². The van der Waals surface area contributed by atoms with Gasteiger partial charge in [0.25, 0.3) is 0 Å². The zero-order chi connectivity index (χ0) is 16.3. The van der Waals surface area contributed by atoms with Crippen LogP contribution in [0.25, 0.3) is 11.1 Å². The zero-order valence-corrected chi connectivity index (χ0v) is 13.9.